The molecule has 0 amide bonds. The summed E-state index contributed by atoms with van der Waals surface area (Å²) in [6.45, 7) is 4.48. The van der Waals surface area contributed by atoms with Gasteiger partial charge in [-0.2, -0.15) is 0 Å². The highest BCUT2D eigenvalue weighted by atomic mass is 32.2. The molecule has 1 aliphatic rings. The van der Waals surface area contributed by atoms with Crippen LogP contribution in [0.5, 0.6) is 0 Å². The Labute approximate surface area is 127 Å². The molecular weight excluding hydrogens is 288 g/mol. The third-order valence-corrected chi connectivity index (χ3v) is 4.37. The van der Waals surface area contributed by atoms with E-state index >= 15 is 0 Å². The standard InChI is InChI=1S/C14H18N4O2S/c1-14(2)19-8-11(20-14)9-21-13-17-16-12(18(13)3)10-5-4-6-15-7-10/h4-7,11H,8-9H2,1-3H3/t11-/m0/s1. The summed E-state index contributed by atoms with van der Waals surface area (Å²) >= 11 is 1.62. The van der Waals surface area contributed by atoms with Gasteiger partial charge >= 0.3 is 0 Å². The molecule has 1 fully saturated rings. The van der Waals surface area contributed by atoms with Crippen molar-refractivity contribution in [2.24, 2.45) is 7.05 Å². The summed E-state index contributed by atoms with van der Waals surface area (Å²) in [6, 6.07) is 3.87. The number of thioether (sulfide) groups is 1. The van der Waals surface area contributed by atoms with Crippen molar-refractivity contribution in [1.82, 2.24) is 19.7 Å². The van der Waals surface area contributed by atoms with E-state index in [1.807, 2.05) is 37.6 Å². The minimum absolute atomic E-state index is 0.0866. The first-order chi connectivity index (χ1) is 10.1. The Balaban J connectivity index is 1.66. The molecule has 3 heterocycles. The molecule has 112 valence electrons. The third kappa shape index (κ3) is 3.25. The molecular formula is C14H18N4O2S. The van der Waals surface area contributed by atoms with Gasteiger partial charge in [0.1, 0.15) is 0 Å². The zero-order valence-electron chi connectivity index (χ0n) is 12.3. The van der Waals surface area contributed by atoms with E-state index in [4.69, 9.17) is 9.47 Å². The number of nitrogens with zero attached hydrogens (tertiary/aromatic N) is 4. The van der Waals surface area contributed by atoms with Crippen molar-refractivity contribution >= 4 is 11.8 Å². The highest BCUT2D eigenvalue weighted by Crippen LogP contribution is 2.28. The second-order valence-corrected chi connectivity index (χ2v) is 6.36. The first-order valence-electron chi connectivity index (χ1n) is 6.79. The Morgan fingerprint density at radius 3 is 2.95 bits per heavy atom. The van der Waals surface area contributed by atoms with E-state index < -0.39 is 5.79 Å². The molecule has 2 aromatic heterocycles. The first kappa shape index (κ1) is 14.5. The molecule has 1 saturated heterocycles. The molecule has 0 aromatic carbocycles. The minimum atomic E-state index is -0.480. The van der Waals surface area contributed by atoms with E-state index in [1.165, 1.54) is 0 Å². The Bertz CT molecular complexity index is 615. The fraction of sp³-hybridized carbons (Fsp3) is 0.500. The molecule has 0 saturated carbocycles. The van der Waals surface area contributed by atoms with Crippen LogP contribution in [0.15, 0.2) is 29.7 Å². The van der Waals surface area contributed by atoms with Crippen molar-refractivity contribution in [3.8, 4) is 11.4 Å². The van der Waals surface area contributed by atoms with Crippen LogP contribution in [0.25, 0.3) is 11.4 Å². The van der Waals surface area contributed by atoms with E-state index in [0.717, 1.165) is 22.3 Å². The van der Waals surface area contributed by atoms with E-state index in [9.17, 15) is 0 Å². The largest absolute Gasteiger partial charge is 0.348 e. The summed E-state index contributed by atoms with van der Waals surface area (Å²) in [6.07, 6.45) is 3.62. The Morgan fingerprint density at radius 2 is 2.29 bits per heavy atom. The topological polar surface area (TPSA) is 62.1 Å². The second kappa shape index (κ2) is 5.75. The van der Waals surface area contributed by atoms with E-state index in [0.29, 0.717) is 6.61 Å². The van der Waals surface area contributed by atoms with E-state index in [-0.39, 0.29) is 6.10 Å². The van der Waals surface area contributed by atoms with Gasteiger partial charge in [0.2, 0.25) is 0 Å². The van der Waals surface area contributed by atoms with Crippen molar-refractivity contribution in [2.75, 3.05) is 12.4 Å². The Hall–Kier alpha value is -1.44. The highest BCUT2D eigenvalue weighted by molar-refractivity contribution is 7.99. The fourth-order valence-electron chi connectivity index (χ4n) is 2.20. The molecule has 7 heteroatoms. The SMILES string of the molecule is Cn1c(SC[C@@H]2COC(C)(C)O2)nnc1-c1cccnc1. The van der Waals surface area contributed by atoms with Crippen LogP contribution >= 0.6 is 11.8 Å². The molecule has 0 spiro atoms. The van der Waals surface area contributed by atoms with Gasteiger partial charge < -0.3 is 14.0 Å². The van der Waals surface area contributed by atoms with Crippen molar-refractivity contribution in [3.05, 3.63) is 24.5 Å². The lowest BCUT2D eigenvalue weighted by molar-refractivity contribution is -0.135. The first-order valence-corrected chi connectivity index (χ1v) is 7.78. The van der Waals surface area contributed by atoms with E-state index in [1.54, 1.807) is 24.2 Å². The van der Waals surface area contributed by atoms with Crippen LogP contribution in [0.2, 0.25) is 0 Å². The fourth-order valence-corrected chi connectivity index (χ4v) is 3.08. The van der Waals surface area contributed by atoms with Gasteiger partial charge in [-0.15, -0.1) is 10.2 Å². The lowest BCUT2D eigenvalue weighted by Crippen LogP contribution is -2.22. The van der Waals surface area contributed by atoms with Crippen LogP contribution in [0.1, 0.15) is 13.8 Å². The molecule has 0 aliphatic carbocycles. The molecule has 0 bridgehead atoms. The number of aromatic nitrogens is 4. The summed E-state index contributed by atoms with van der Waals surface area (Å²) in [4.78, 5) is 4.11. The van der Waals surface area contributed by atoms with Crippen molar-refractivity contribution in [3.63, 3.8) is 0 Å². The van der Waals surface area contributed by atoms with Gasteiger partial charge in [0, 0.05) is 30.8 Å². The van der Waals surface area contributed by atoms with Crippen LogP contribution in [0.4, 0.5) is 0 Å². The van der Waals surface area contributed by atoms with Crippen LogP contribution in [0.3, 0.4) is 0 Å². The van der Waals surface area contributed by atoms with Crippen molar-refractivity contribution in [2.45, 2.75) is 30.9 Å². The average Bonchev–Trinajstić information content (AvgIpc) is 3.00. The average molecular weight is 306 g/mol. The maximum Gasteiger partial charge on any atom is 0.191 e. The zero-order valence-corrected chi connectivity index (χ0v) is 13.1. The number of ether oxygens (including phenoxy) is 2. The van der Waals surface area contributed by atoms with Crippen molar-refractivity contribution in [1.29, 1.82) is 0 Å². The van der Waals surface area contributed by atoms with Gasteiger partial charge in [0.05, 0.1) is 12.7 Å². The normalized spacial score (nSPS) is 20.8. The van der Waals surface area contributed by atoms with Crippen molar-refractivity contribution < 1.29 is 9.47 Å². The van der Waals surface area contributed by atoms with Crippen LogP contribution in [0, 0.1) is 0 Å². The number of hydrogen-bond acceptors (Lipinski definition) is 6. The lowest BCUT2D eigenvalue weighted by Gasteiger charge is -2.16. The van der Waals surface area contributed by atoms with Gasteiger partial charge in [-0.3, -0.25) is 4.98 Å². The summed E-state index contributed by atoms with van der Waals surface area (Å²) in [5, 5.41) is 9.34. The smallest absolute Gasteiger partial charge is 0.191 e. The summed E-state index contributed by atoms with van der Waals surface area (Å²) < 4.78 is 13.3. The summed E-state index contributed by atoms with van der Waals surface area (Å²) in [5.74, 6) is 1.13. The van der Waals surface area contributed by atoms with Crippen LogP contribution in [-0.4, -0.2) is 44.0 Å². The zero-order chi connectivity index (χ0) is 14.9. The second-order valence-electron chi connectivity index (χ2n) is 5.37. The maximum atomic E-state index is 5.79. The predicted octanol–water partition coefficient (Wildman–Crippen LogP) is 2.12. The third-order valence-electron chi connectivity index (χ3n) is 3.22. The minimum Gasteiger partial charge on any atom is -0.348 e. The summed E-state index contributed by atoms with van der Waals surface area (Å²) in [5.41, 5.74) is 0.959. The quantitative estimate of drug-likeness (QED) is 0.806. The molecule has 6 nitrogen and oxygen atoms in total. The highest BCUT2D eigenvalue weighted by Gasteiger charge is 2.32. The lowest BCUT2D eigenvalue weighted by atomic mass is 10.3. The van der Waals surface area contributed by atoms with Crippen LogP contribution < -0.4 is 0 Å². The Morgan fingerprint density at radius 1 is 1.43 bits per heavy atom. The molecule has 1 aliphatic heterocycles. The van der Waals surface area contributed by atoms with Gasteiger partial charge in [-0.1, -0.05) is 11.8 Å². The molecule has 1 atom stereocenters. The molecule has 0 unspecified atom stereocenters. The summed E-state index contributed by atoms with van der Waals surface area (Å²) in [7, 11) is 1.96. The molecule has 3 rings (SSSR count). The number of hydrogen-bond donors (Lipinski definition) is 0. The van der Waals surface area contributed by atoms with Gasteiger partial charge in [0.15, 0.2) is 16.8 Å². The molecule has 21 heavy (non-hydrogen) atoms. The predicted molar refractivity (Wildman–Crippen MR) is 79.9 cm³/mol. The maximum absolute atomic E-state index is 5.79. The monoisotopic (exact) mass is 306 g/mol. The molecule has 0 radical (unpaired) electrons. The number of rotatable bonds is 4. The molecule has 2 aromatic rings. The number of pyridine rings is 1. The molecule has 0 N–H and O–H groups in total. The Kier molecular flexibility index (Phi) is 3.97. The van der Waals surface area contributed by atoms with Gasteiger partial charge in [0.25, 0.3) is 0 Å². The van der Waals surface area contributed by atoms with Gasteiger partial charge in [-0.25, -0.2) is 0 Å². The van der Waals surface area contributed by atoms with E-state index in [2.05, 4.69) is 15.2 Å². The van der Waals surface area contributed by atoms with Crippen LogP contribution in [-0.2, 0) is 16.5 Å². The van der Waals surface area contributed by atoms with Gasteiger partial charge in [-0.05, 0) is 26.0 Å².